The van der Waals surface area contributed by atoms with Crippen LogP contribution in [0.25, 0.3) is 0 Å². The van der Waals surface area contributed by atoms with Crippen LogP contribution in [0, 0.1) is 16.0 Å². The number of nitro groups is 1. The molecular formula is C10H19NO5. The summed E-state index contributed by atoms with van der Waals surface area (Å²) in [5.74, 6) is -0.653. The molecule has 0 aromatic rings. The van der Waals surface area contributed by atoms with Gasteiger partial charge in [0.25, 0.3) is 0 Å². The van der Waals surface area contributed by atoms with E-state index in [2.05, 4.69) is 4.74 Å². The van der Waals surface area contributed by atoms with E-state index >= 15 is 0 Å². The van der Waals surface area contributed by atoms with Crippen LogP contribution in [0.4, 0.5) is 0 Å². The van der Waals surface area contributed by atoms with E-state index in [1.165, 1.54) is 0 Å². The molecule has 0 bridgehead atoms. The lowest BCUT2D eigenvalue weighted by atomic mass is 9.93. The van der Waals surface area contributed by atoms with Crippen LogP contribution in [0.3, 0.4) is 0 Å². The summed E-state index contributed by atoms with van der Waals surface area (Å²) in [6, 6.07) is 0. The molecule has 16 heavy (non-hydrogen) atoms. The third kappa shape index (κ3) is 5.06. The number of hydrogen-bond acceptors (Lipinski definition) is 5. The minimum Gasteiger partial charge on any atom is -0.464 e. The van der Waals surface area contributed by atoms with Gasteiger partial charge in [0, 0.05) is 4.92 Å². The molecule has 0 aliphatic carbocycles. The van der Waals surface area contributed by atoms with Gasteiger partial charge >= 0.3 is 5.97 Å². The number of esters is 1. The first kappa shape index (κ1) is 14.8. The molecule has 6 heteroatoms. The molecule has 1 N–H and O–H groups in total. The van der Waals surface area contributed by atoms with Crippen LogP contribution in [0.15, 0.2) is 0 Å². The van der Waals surface area contributed by atoms with E-state index in [-0.39, 0.29) is 18.9 Å². The smallest absolute Gasteiger partial charge is 0.345 e. The molecule has 0 unspecified atom stereocenters. The second kappa shape index (κ2) is 6.42. The quantitative estimate of drug-likeness (QED) is 0.402. The maximum Gasteiger partial charge on any atom is 0.345 e. The summed E-state index contributed by atoms with van der Waals surface area (Å²) in [4.78, 5) is 21.1. The molecule has 0 heterocycles. The lowest BCUT2D eigenvalue weighted by molar-refractivity contribution is -0.497. The van der Waals surface area contributed by atoms with Crippen LogP contribution in [0.1, 0.15) is 33.6 Å². The molecule has 0 aromatic heterocycles. The van der Waals surface area contributed by atoms with Crippen molar-refractivity contribution in [2.24, 2.45) is 5.92 Å². The Morgan fingerprint density at radius 1 is 1.56 bits per heavy atom. The van der Waals surface area contributed by atoms with Crippen molar-refractivity contribution >= 4 is 5.97 Å². The average molecular weight is 233 g/mol. The van der Waals surface area contributed by atoms with E-state index in [0.717, 1.165) is 0 Å². The van der Waals surface area contributed by atoms with Crippen molar-refractivity contribution in [1.82, 2.24) is 0 Å². The number of carbonyl (C=O) groups is 1. The number of hydrogen-bond donors (Lipinski definition) is 1. The zero-order chi connectivity index (χ0) is 12.8. The highest BCUT2D eigenvalue weighted by molar-refractivity contribution is 5.79. The normalized spacial score (nSPS) is 14.6. The van der Waals surface area contributed by atoms with Gasteiger partial charge in [0.1, 0.15) is 0 Å². The standard InChI is InChI=1S/C10H19NO5/c1-4-16-9(12)10(13,7-11(14)15)6-5-8(2)3/h8,13H,4-7H2,1-3H3/t10-/m1/s1. The van der Waals surface area contributed by atoms with Gasteiger partial charge in [0.15, 0.2) is 0 Å². The Hall–Kier alpha value is -1.17. The molecular weight excluding hydrogens is 214 g/mol. The Kier molecular flexibility index (Phi) is 5.95. The van der Waals surface area contributed by atoms with E-state index in [4.69, 9.17) is 0 Å². The highest BCUT2D eigenvalue weighted by atomic mass is 16.6. The van der Waals surface area contributed by atoms with Crippen molar-refractivity contribution in [3.05, 3.63) is 10.1 Å². The van der Waals surface area contributed by atoms with Crippen LogP contribution in [0.5, 0.6) is 0 Å². The molecule has 0 spiro atoms. The Morgan fingerprint density at radius 2 is 2.12 bits per heavy atom. The third-order valence-corrected chi connectivity index (χ3v) is 2.18. The van der Waals surface area contributed by atoms with Crippen molar-refractivity contribution in [1.29, 1.82) is 0 Å². The van der Waals surface area contributed by atoms with Crippen molar-refractivity contribution in [3.8, 4) is 0 Å². The fourth-order valence-corrected chi connectivity index (χ4v) is 1.25. The number of nitrogens with zero attached hydrogens (tertiary/aromatic N) is 1. The number of rotatable bonds is 7. The molecule has 0 fully saturated rings. The SMILES string of the molecule is CCOC(=O)[C@@](O)(CCC(C)C)C[N+](=O)[O-]. The second-order valence-electron chi connectivity index (χ2n) is 4.18. The first-order valence-corrected chi connectivity index (χ1v) is 5.33. The van der Waals surface area contributed by atoms with E-state index in [0.29, 0.717) is 6.42 Å². The Morgan fingerprint density at radius 3 is 2.50 bits per heavy atom. The second-order valence-corrected chi connectivity index (χ2v) is 4.18. The lowest BCUT2D eigenvalue weighted by Gasteiger charge is -2.22. The lowest BCUT2D eigenvalue weighted by Crippen LogP contribution is -2.46. The summed E-state index contributed by atoms with van der Waals surface area (Å²) in [7, 11) is 0. The van der Waals surface area contributed by atoms with Gasteiger partial charge in [0.05, 0.1) is 6.61 Å². The first-order chi connectivity index (χ1) is 7.31. The molecule has 0 aliphatic heterocycles. The molecule has 1 atom stereocenters. The van der Waals surface area contributed by atoms with Crippen LogP contribution >= 0.6 is 0 Å². The number of ether oxygens (including phenoxy) is 1. The molecule has 0 rings (SSSR count). The van der Waals surface area contributed by atoms with Gasteiger partial charge in [-0.15, -0.1) is 0 Å². The molecule has 0 amide bonds. The maximum absolute atomic E-state index is 11.4. The zero-order valence-corrected chi connectivity index (χ0v) is 9.93. The topological polar surface area (TPSA) is 89.7 Å². The van der Waals surface area contributed by atoms with Crippen molar-refractivity contribution in [3.63, 3.8) is 0 Å². The largest absolute Gasteiger partial charge is 0.464 e. The molecule has 0 aromatic carbocycles. The van der Waals surface area contributed by atoms with Crippen LogP contribution in [-0.4, -0.2) is 34.8 Å². The van der Waals surface area contributed by atoms with Gasteiger partial charge in [-0.1, -0.05) is 13.8 Å². The summed E-state index contributed by atoms with van der Waals surface area (Å²) in [6.45, 7) is 4.71. The Balaban J connectivity index is 4.59. The summed E-state index contributed by atoms with van der Waals surface area (Å²) in [5.41, 5.74) is -2.00. The van der Waals surface area contributed by atoms with E-state index in [1.54, 1.807) is 6.92 Å². The van der Waals surface area contributed by atoms with E-state index in [1.807, 2.05) is 13.8 Å². The van der Waals surface area contributed by atoms with Gasteiger partial charge < -0.3 is 9.84 Å². The van der Waals surface area contributed by atoms with Crippen LogP contribution < -0.4 is 0 Å². The highest BCUT2D eigenvalue weighted by Crippen LogP contribution is 2.19. The Bertz CT molecular complexity index is 254. The van der Waals surface area contributed by atoms with Gasteiger partial charge in [0.2, 0.25) is 12.1 Å². The van der Waals surface area contributed by atoms with Crippen LogP contribution in [0.2, 0.25) is 0 Å². The predicted molar refractivity (Wildman–Crippen MR) is 57.5 cm³/mol. The zero-order valence-electron chi connectivity index (χ0n) is 9.93. The molecule has 0 saturated carbocycles. The summed E-state index contributed by atoms with van der Waals surface area (Å²) in [5, 5.41) is 20.3. The van der Waals surface area contributed by atoms with Gasteiger partial charge in [-0.2, -0.15) is 0 Å². The summed E-state index contributed by atoms with van der Waals surface area (Å²) in [6.07, 6.45) is 0.577. The van der Waals surface area contributed by atoms with Gasteiger partial charge in [-0.3, -0.25) is 10.1 Å². The van der Waals surface area contributed by atoms with Crippen LogP contribution in [-0.2, 0) is 9.53 Å². The molecule has 0 aliphatic rings. The minimum atomic E-state index is -2.00. The number of aliphatic hydroxyl groups is 1. The van der Waals surface area contributed by atoms with Crippen molar-refractivity contribution < 1.29 is 19.6 Å². The van der Waals surface area contributed by atoms with Crippen molar-refractivity contribution in [2.75, 3.05) is 13.2 Å². The van der Waals surface area contributed by atoms with E-state index < -0.39 is 23.0 Å². The number of carbonyl (C=O) groups excluding carboxylic acids is 1. The fraction of sp³-hybridized carbons (Fsp3) is 0.900. The molecule has 0 radical (unpaired) electrons. The molecule has 0 saturated heterocycles. The Labute approximate surface area is 94.7 Å². The monoisotopic (exact) mass is 233 g/mol. The molecule has 94 valence electrons. The van der Waals surface area contributed by atoms with Crippen molar-refractivity contribution in [2.45, 2.75) is 39.2 Å². The summed E-state index contributed by atoms with van der Waals surface area (Å²) < 4.78 is 4.65. The van der Waals surface area contributed by atoms with Gasteiger partial charge in [-0.25, -0.2) is 4.79 Å². The molecule has 6 nitrogen and oxygen atoms in total. The van der Waals surface area contributed by atoms with E-state index in [9.17, 15) is 20.0 Å². The fourth-order valence-electron chi connectivity index (χ4n) is 1.25. The highest BCUT2D eigenvalue weighted by Gasteiger charge is 2.42. The first-order valence-electron chi connectivity index (χ1n) is 5.33. The predicted octanol–water partition coefficient (Wildman–Crippen LogP) is 0.993. The summed E-state index contributed by atoms with van der Waals surface area (Å²) >= 11 is 0. The average Bonchev–Trinajstić information content (AvgIpc) is 2.14. The third-order valence-electron chi connectivity index (χ3n) is 2.18. The minimum absolute atomic E-state index is 0.0461. The maximum atomic E-state index is 11.4. The van der Waals surface area contributed by atoms with Gasteiger partial charge in [-0.05, 0) is 25.7 Å².